The van der Waals surface area contributed by atoms with Crippen LogP contribution in [-0.2, 0) is 19.8 Å². The minimum atomic E-state index is -4.61. The largest absolute Gasteiger partial charge is 0.489 e. The van der Waals surface area contributed by atoms with Crippen molar-refractivity contribution in [1.82, 2.24) is 24.5 Å². The number of carboxylic acids is 1. The van der Waals surface area contributed by atoms with Gasteiger partial charge in [-0.1, -0.05) is 0 Å². The molecule has 5 aromatic rings. The lowest BCUT2D eigenvalue weighted by atomic mass is 10.2. The van der Waals surface area contributed by atoms with Crippen molar-refractivity contribution >= 4 is 28.6 Å². The van der Waals surface area contributed by atoms with Crippen LogP contribution < -0.4 is 10.1 Å². The van der Waals surface area contributed by atoms with Crippen molar-refractivity contribution in [2.24, 2.45) is 7.05 Å². The predicted molar refractivity (Wildman–Crippen MR) is 129 cm³/mol. The quantitative estimate of drug-likeness (QED) is 0.239. The van der Waals surface area contributed by atoms with E-state index in [0.717, 1.165) is 11.6 Å². The molecule has 0 unspecified atom stereocenters. The van der Waals surface area contributed by atoms with Gasteiger partial charge in [-0.05, 0) is 48.0 Å². The molecule has 3 N–H and O–H groups in total. The Hall–Kier alpha value is -4.94. The van der Waals surface area contributed by atoms with Gasteiger partial charge in [0.2, 0.25) is 5.95 Å². The second kappa shape index (κ2) is 9.50. The molecular formula is C25H18F4N6O3. The second-order valence-electron chi connectivity index (χ2n) is 8.25. The van der Waals surface area contributed by atoms with Gasteiger partial charge in [0, 0.05) is 19.3 Å². The summed E-state index contributed by atoms with van der Waals surface area (Å²) in [4.78, 5) is 26.4. The van der Waals surface area contributed by atoms with Crippen LogP contribution >= 0.6 is 0 Å². The lowest BCUT2D eigenvalue weighted by molar-refractivity contribution is -0.137. The number of benzene rings is 2. The van der Waals surface area contributed by atoms with Crippen LogP contribution in [0.1, 0.15) is 21.6 Å². The molecule has 3 aromatic heterocycles. The number of alkyl halides is 3. The fourth-order valence-electron chi connectivity index (χ4n) is 3.72. The summed E-state index contributed by atoms with van der Waals surface area (Å²) in [5, 5.41) is 11.7. The summed E-state index contributed by atoms with van der Waals surface area (Å²) in [6, 6.07) is 10.6. The van der Waals surface area contributed by atoms with E-state index in [1.165, 1.54) is 6.20 Å². The van der Waals surface area contributed by atoms with Crippen LogP contribution in [0.25, 0.3) is 22.6 Å². The highest BCUT2D eigenvalue weighted by Gasteiger charge is 2.31. The van der Waals surface area contributed by atoms with Crippen molar-refractivity contribution < 1.29 is 32.2 Å². The molecule has 0 aliphatic rings. The maximum absolute atomic E-state index is 14.2. The van der Waals surface area contributed by atoms with E-state index >= 15 is 0 Å². The molecular weight excluding hydrogens is 508 g/mol. The number of carboxylic acid groups (broad SMARTS) is 1. The molecule has 5 rings (SSSR count). The lowest BCUT2D eigenvalue weighted by Gasteiger charge is -2.11. The van der Waals surface area contributed by atoms with Gasteiger partial charge in [-0.15, -0.1) is 0 Å². The fourth-order valence-corrected chi connectivity index (χ4v) is 3.72. The molecule has 0 aliphatic carbocycles. The van der Waals surface area contributed by atoms with Gasteiger partial charge in [0.1, 0.15) is 29.6 Å². The van der Waals surface area contributed by atoms with Gasteiger partial charge in [0.05, 0.1) is 28.5 Å². The summed E-state index contributed by atoms with van der Waals surface area (Å²) in [6.07, 6.45) is -1.86. The summed E-state index contributed by atoms with van der Waals surface area (Å²) < 4.78 is 60.8. The van der Waals surface area contributed by atoms with Gasteiger partial charge in [0.15, 0.2) is 5.82 Å². The molecule has 38 heavy (non-hydrogen) atoms. The molecule has 0 saturated carbocycles. The van der Waals surface area contributed by atoms with Gasteiger partial charge in [-0.3, -0.25) is 4.98 Å². The number of ether oxygens (including phenoxy) is 1. The highest BCUT2D eigenvalue weighted by atomic mass is 19.4. The van der Waals surface area contributed by atoms with E-state index in [9.17, 15) is 22.4 Å². The Labute approximate surface area is 211 Å². The Kier molecular flexibility index (Phi) is 6.18. The van der Waals surface area contributed by atoms with Crippen molar-refractivity contribution in [3.8, 4) is 17.3 Å². The van der Waals surface area contributed by atoms with Gasteiger partial charge in [-0.2, -0.15) is 13.2 Å². The zero-order valence-electron chi connectivity index (χ0n) is 19.5. The maximum Gasteiger partial charge on any atom is 0.416 e. The first-order chi connectivity index (χ1) is 18.1. The molecule has 194 valence electrons. The summed E-state index contributed by atoms with van der Waals surface area (Å²) in [6.45, 7) is 0.154. The van der Waals surface area contributed by atoms with Crippen molar-refractivity contribution in [3.63, 3.8) is 0 Å². The molecule has 3 heterocycles. The number of hydrogen-bond acceptors (Lipinski definition) is 6. The third-order valence-electron chi connectivity index (χ3n) is 5.67. The number of halogens is 4. The highest BCUT2D eigenvalue weighted by molar-refractivity contribution is 5.85. The molecule has 0 fully saturated rings. The van der Waals surface area contributed by atoms with Crippen molar-refractivity contribution in [2.75, 3.05) is 5.32 Å². The van der Waals surface area contributed by atoms with E-state index in [1.807, 2.05) is 0 Å². The number of aromatic nitrogens is 5. The monoisotopic (exact) mass is 526 g/mol. The number of anilines is 2. The number of imidazole rings is 2. The maximum atomic E-state index is 14.2. The van der Waals surface area contributed by atoms with E-state index in [2.05, 4.69) is 25.3 Å². The number of aryl methyl sites for hydroxylation is 1. The third kappa shape index (κ3) is 4.98. The molecule has 2 aromatic carbocycles. The number of H-pyrrole nitrogens is 1. The summed E-state index contributed by atoms with van der Waals surface area (Å²) in [5.41, 5.74) is 0.914. The van der Waals surface area contributed by atoms with Crippen LogP contribution in [0.5, 0.6) is 5.75 Å². The van der Waals surface area contributed by atoms with Crippen LogP contribution in [0.3, 0.4) is 0 Å². The van der Waals surface area contributed by atoms with E-state index in [0.29, 0.717) is 40.4 Å². The van der Waals surface area contributed by atoms with Crippen molar-refractivity contribution in [2.45, 2.75) is 12.8 Å². The number of pyridine rings is 1. The topological polar surface area (TPSA) is 118 Å². The van der Waals surface area contributed by atoms with E-state index in [-0.39, 0.29) is 23.9 Å². The number of rotatable bonds is 7. The molecule has 0 aliphatic heterocycles. The van der Waals surface area contributed by atoms with Gasteiger partial charge in [-0.25, -0.2) is 19.2 Å². The summed E-state index contributed by atoms with van der Waals surface area (Å²) in [7, 11) is 1.65. The van der Waals surface area contributed by atoms with Crippen LogP contribution in [0, 0.1) is 5.82 Å². The average Bonchev–Trinajstić information content (AvgIpc) is 3.49. The normalized spacial score (nSPS) is 11.6. The van der Waals surface area contributed by atoms with Crippen molar-refractivity contribution in [1.29, 1.82) is 0 Å². The first kappa shape index (κ1) is 24.7. The van der Waals surface area contributed by atoms with E-state index in [4.69, 9.17) is 9.84 Å². The Balaban J connectivity index is 1.33. The highest BCUT2D eigenvalue weighted by Crippen LogP contribution is 2.33. The zero-order valence-corrected chi connectivity index (χ0v) is 19.5. The third-order valence-corrected chi connectivity index (χ3v) is 5.67. The van der Waals surface area contributed by atoms with Gasteiger partial charge < -0.3 is 24.7 Å². The number of aromatic amines is 1. The minimum Gasteiger partial charge on any atom is -0.489 e. The Morgan fingerprint density at radius 2 is 1.95 bits per heavy atom. The Morgan fingerprint density at radius 3 is 2.68 bits per heavy atom. The van der Waals surface area contributed by atoms with Gasteiger partial charge in [0.25, 0.3) is 0 Å². The molecule has 0 radical (unpaired) electrons. The summed E-state index contributed by atoms with van der Waals surface area (Å²) >= 11 is 0. The van der Waals surface area contributed by atoms with Crippen LogP contribution in [0.2, 0.25) is 0 Å². The zero-order chi connectivity index (χ0) is 27.0. The summed E-state index contributed by atoms with van der Waals surface area (Å²) in [5.74, 6) is -1.06. The Bertz CT molecular complexity index is 1660. The lowest BCUT2D eigenvalue weighted by Crippen LogP contribution is -2.07. The van der Waals surface area contributed by atoms with Crippen LogP contribution in [-0.4, -0.2) is 35.6 Å². The first-order valence-electron chi connectivity index (χ1n) is 11.0. The van der Waals surface area contributed by atoms with E-state index < -0.39 is 23.5 Å². The van der Waals surface area contributed by atoms with Crippen LogP contribution in [0.15, 0.2) is 60.9 Å². The second-order valence-corrected chi connectivity index (χ2v) is 8.25. The SMILES string of the molecule is Cn1c(Nc2cc(C(F)(F)F)ccc2F)nc2cc(OCc3ccnc(-c4ncc(C(=O)O)[nH]4)c3)ccc21. The molecule has 0 spiro atoms. The molecule has 0 bridgehead atoms. The number of fused-ring (bicyclic) bond motifs is 1. The van der Waals surface area contributed by atoms with Gasteiger partial charge >= 0.3 is 12.1 Å². The molecule has 0 saturated heterocycles. The van der Waals surface area contributed by atoms with Crippen LogP contribution in [0.4, 0.5) is 29.2 Å². The number of carbonyl (C=O) groups is 1. The Morgan fingerprint density at radius 1 is 1.13 bits per heavy atom. The number of nitrogens with one attached hydrogen (secondary N) is 2. The molecule has 0 atom stereocenters. The number of hydrogen-bond donors (Lipinski definition) is 3. The smallest absolute Gasteiger partial charge is 0.416 e. The first-order valence-corrected chi connectivity index (χ1v) is 11.0. The average molecular weight is 526 g/mol. The minimum absolute atomic E-state index is 0.0585. The molecule has 0 amide bonds. The molecule has 13 heteroatoms. The molecule has 9 nitrogen and oxygen atoms in total. The standard InChI is InChI=1S/C25H18F4N6O3/c1-35-21-5-3-15(38-12-13-6-7-30-19(8-13)22-31-11-20(32-22)23(36)37)10-18(21)34-24(35)33-17-9-14(25(27,28)29)2-4-16(17)26/h2-11H,12H2,1H3,(H,31,32)(H,33,34)(H,36,37). The number of nitrogens with zero attached hydrogens (tertiary/aromatic N) is 4. The fraction of sp³-hybridized carbons (Fsp3) is 0.120. The number of aromatic carboxylic acids is 1. The van der Waals surface area contributed by atoms with Crippen molar-refractivity contribution in [3.05, 3.63) is 83.6 Å². The predicted octanol–water partition coefficient (Wildman–Crippen LogP) is 5.54. The van der Waals surface area contributed by atoms with E-state index in [1.54, 1.807) is 48.1 Å².